The molecule has 0 aliphatic carbocycles. The Labute approximate surface area is 125 Å². The first-order valence-corrected chi connectivity index (χ1v) is 7.19. The molecule has 0 aliphatic rings. The monoisotopic (exact) mass is 286 g/mol. The fraction of sp³-hybridized carbons (Fsp3) is 0.375. The third-order valence-corrected chi connectivity index (χ3v) is 2.93. The van der Waals surface area contributed by atoms with E-state index < -0.39 is 0 Å². The maximum absolute atomic E-state index is 5.51. The molecule has 0 radical (unpaired) electrons. The van der Waals surface area contributed by atoms with Gasteiger partial charge in [0.25, 0.3) is 0 Å². The lowest BCUT2D eigenvalue weighted by molar-refractivity contribution is 0.340. The molecule has 5 nitrogen and oxygen atoms in total. The Morgan fingerprint density at radius 2 is 1.90 bits per heavy atom. The summed E-state index contributed by atoms with van der Waals surface area (Å²) in [6.07, 6.45) is 0. The lowest BCUT2D eigenvalue weighted by Gasteiger charge is -2.12. The van der Waals surface area contributed by atoms with Gasteiger partial charge in [-0.25, -0.2) is 9.97 Å². The average Bonchev–Trinajstić information content (AvgIpc) is 2.47. The van der Waals surface area contributed by atoms with Crippen LogP contribution >= 0.6 is 0 Å². The van der Waals surface area contributed by atoms with Gasteiger partial charge >= 0.3 is 0 Å². The molecular formula is C16H22N4O. The maximum Gasteiger partial charge on any atom is 0.136 e. The molecule has 0 saturated heterocycles. The van der Waals surface area contributed by atoms with Gasteiger partial charge in [-0.3, -0.25) is 0 Å². The number of rotatable bonds is 6. The minimum Gasteiger partial charge on any atom is -0.494 e. The number of hydrogen-bond donors (Lipinski definition) is 2. The maximum atomic E-state index is 5.51. The standard InChI is InChI=1S/C16H22N4O/c1-5-21-13-8-6-7-12(9-13)18-15-10-14(17-4)19-16(20-15)11(2)3/h6-11H,5H2,1-4H3,(H2,17,18,19,20). The Bertz CT molecular complexity index is 599. The van der Waals surface area contributed by atoms with E-state index in [4.69, 9.17) is 4.74 Å². The molecule has 2 N–H and O–H groups in total. The Hall–Kier alpha value is -2.30. The molecule has 2 rings (SSSR count). The minimum atomic E-state index is 0.272. The summed E-state index contributed by atoms with van der Waals surface area (Å²) in [7, 11) is 1.85. The van der Waals surface area contributed by atoms with Crippen LogP contribution in [-0.2, 0) is 0 Å². The van der Waals surface area contributed by atoms with Crippen LogP contribution in [0.4, 0.5) is 17.3 Å². The fourth-order valence-electron chi connectivity index (χ4n) is 1.89. The van der Waals surface area contributed by atoms with Crippen molar-refractivity contribution in [1.82, 2.24) is 9.97 Å². The van der Waals surface area contributed by atoms with Crippen molar-refractivity contribution in [1.29, 1.82) is 0 Å². The second kappa shape index (κ2) is 6.92. The number of nitrogens with one attached hydrogen (secondary N) is 2. The summed E-state index contributed by atoms with van der Waals surface area (Å²) < 4.78 is 5.51. The highest BCUT2D eigenvalue weighted by Crippen LogP contribution is 2.23. The van der Waals surface area contributed by atoms with E-state index in [2.05, 4.69) is 34.4 Å². The molecule has 1 aromatic heterocycles. The summed E-state index contributed by atoms with van der Waals surface area (Å²) in [6.45, 7) is 6.78. The van der Waals surface area contributed by atoms with E-state index in [0.717, 1.165) is 28.9 Å². The van der Waals surface area contributed by atoms with E-state index in [0.29, 0.717) is 6.61 Å². The Morgan fingerprint density at radius 1 is 1.14 bits per heavy atom. The van der Waals surface area contributed by atoms with Gasteiger partial charge in [-0.1, -0.05) is 19.9 Å². The largest absolute Gasteiger partial charge is 0.494 e. The molecule has 0 aliphatic heterocycles. The van der Waals surface area contributed by atoms with E-state index in [1.165, 1.54) is 0 Å². The molecule has 0 fully saturated rings. The SMILES string of the molecule is CCOc1cccc(Nc2cc(NC)nc(C(C)C)n2)c1. The summed E-state index contributed by atoms with van der Waals surface area (Å²) in [6, 6.07) is 9.72. The van der Waals surface area contributed by atoms with Crippen LogP contribution in [0.1, 0.15) is 32.5 Å². The molecular weight excluding hydrogens is 264 g/mol. The van der Waals surface area contributed by atoms with Crippen molar-refractivity contribution in [3.63, 3.8) is 0 Å². The van der Waals surface area contributed by atoms with Crippen LogP contribution in [0.2, 0.25) is 0 Å². The zero-order valence-corrected chi connectivity index (χ0v) is 13.0. The molecule has 2 aromatic rings. The van der Waals surface area contributed by atoms with Crippen molar-refractivity contribution in [3.05, 3.63) is 36.2 Å². The highest BCUT2D eigenvalue weighted by molar-refractivity contribution is 5.60. The first kappa shape index (κ1) is 15.1. The number of anilines is 3. The van der Waals surface area contributed by atoms with Crippen molar-refractivity contribution >= 4 is 17.3 Å². The van der Waals surface area contributed by atoms with Crippen LogP contribution < -0.4 is 15.4 Å². The van der Waals surface area contributed by atoms with Gasteiger partial charge in [0.1, 0.15) is 23.2 Å². The van der Waals surface area contributed by atoms with Gasteiger partial charge in [-0.05, 0) is 19.1 Å². The molecule has 0 saturated carbocycles. The Balaban J connectivity index is 2.26. The highest BCUT2D eigenvalue weighted by Gasteiger charge is 2.08. The van der Waals surface area contributed by atoms with Crippen LogP contribution in [0.25, 0.3) is 0 Å². The van der Waals surface area contributed by atoms with Gasteiger partial charge in [0.15, 0.2) is 0 Å². The second-order valence-electron chi connectivity index (χ2n) is 4.99. The normalized spacial score (nSPS) is 10.5. The zero-order chi connectivity index (χ0) is 15.2. The lowest BCUT2D eigenvalue weighted by Crippen LogP contribution is -2.05. The van der Waals surface area contributed by atoms with Gasteiger partial charge in [0.2, 0.25) is 0 Å². The second-order valence-corrected chi connectivity index (χ2v) is 4.99. The van der Waals surface area contributed by atoms with Crippen LogP contribution in [0, 0.1) is 0 Å². The smallest absolute Gasteiger partial charge is 0.136 e. The third kappa shape index (κ3) is 4.08. The third-order valence-electron chi connectivity index (χ3n) is 2.93. The topological polar surface area (TPSA) is 59.1 Å². The summed E-state index contributed by atoms with van der Waals surface area (Å²) in [5.74, 6) is 3.50. The number of benzene rings is 1. The predicted molar refractivity (Wildman–Crippen MR) is 86.6 cm³/mol. The van der Waals surface area contributed by atoms with Crippen LogP contribution in [-0.4, -0.2) is 23.6 Å². The quantitative estimate of drug-likeness (QED) is 0.846. The van der Waals surface area contributed by atoms with Crippen molar-refractivity contribution < 1.29 is 4.74 Å². The number of aromatic nitrogens is 2. The molecule has 0 spiro atoms. The first-order valence-electron chi connectivity index (χ1n) is 7.19. The Kier molecular flexibility index (Phi) is 4.98. The number of nitrogens with zero attached hydrogens (tertiary/aromatic N) is 2. The van der Waals surface area contributed by atoms with Gasteiger partial charge in [-0.2, -0.15) is 0 Å². The number of ether oxygens (including phenoxy) is 1. The molecule has 112 valence electrons. The van der Waals surface area contributed by atoms with Gasteiger partial charge in [-0.15, -0.1) is 0 Å². The highest BCUT2D eigenvalue weighted by atomic mass is 16.5. The van der Waals surface area contributed by atoms with E-state index in [1.807, 2.05) is 44.3 Å². The summed E-state index contributed by atoms with van der Waals surface area (Å²) in [4.78, 5) is 9.00. The van der Waals surface area contributed by atoms with Crippen LogP contribution in [0.5, 0.6) is 5.75 Å². The molecule has 0 amide bonds. The summed E-state index contributed by atoms with van der Waals surface area (Å²) >= 11 is 0. The van der Waals surface area contributed by atoms with Crippen LogP contribution in [0.15, 0.2) is 30.3 Å². The lowest BCUT2D eigenvalue weighted by atomic mass is 10.2. The predicted octanol–water partition coefficient (Wildman–Crippen LogP) is 3.78. The Morgan fingerprint density at radius 3 is 2.57 bits per heavy atom. The van der Waals surface area contributed by atoms with Gasteiger partial charge in [0.05, 0.1) is 6.61 Å². The molecule has 1 heterocycles. The number of hydrogen-bond acceptors (Lipinski definition) is 5. The summed E-state index contributed by atoms with van der Waals surface area (Å²) in [5.41, 5.74) is 0.941. The fourth-order valence-corrected chi connectivity index (χ4v) is 1.89. The molecule has 21 heavy (non-hydrogen) atoms. The van der Waals surface area contributed by atoms with E-state index >= 15 is 0 Å². The molecule has 0 unspecified atom stereocenters. The van der Waals surface area contributed by atoms with E-state index in [-0.39, 0.29) is 5.92 Å². The average molecular weight is 286 g/mol. The van der Waals surface area contributed by atoms with Gasteiger partial charge < -0.3 is 15.4 Å². The van der Waals surface area contributed by atoms with Crippen molar-refractivity contribution in [3.8, 4) is 5.75 Å². The molecule has 0 bridgehead atoms. The van der Waals surface area contributed by atoms with Crippen molar-refractivity contribution in [2.75, 3.05) is 24.3 Å². The zero-order valence-electron chi connectivity index (χ0n) is 13.0. The molecule has 1 aromatic carbocycles. The van der Waals surface area contributed by atoms with Crippen molar-refractivity contribution in [2.45, 2.75) is 26.7 Å². The molecule has 5 heteroatoms. The van der Waals surface area contributed by atoms with E-state index in [9.17, 15) is 0 Å². The first-order chi connectivity index (χ1) is 10.1. The summed E-state index contributed by atoms with van der Waals surface area (Å²) in [5, 5.41) is 6.37. The van der Waals surface area contributed by atoms with Crippen LogP contribution in [0.3, 0.4) is 0 Å². The minimum absolute atomic E-state index is 0.272. The van der Waals surface area contributed by atoms with Gasteiger partial charge in [0, 0.05) is 30.8 Å². The van der Waals surface area contributed by atoms with Crippen molar-refractivity contribution in [2.24, 2.45) is 0 Å². The molecule has 0 atom stereocenters. The van der Waals surface area contributed by atoms with E-state index in [1.54, 1.807) is 0 Å².